The van der Waals surface area contributed by atoms with Crippen molar-refractivity contribution in [3.8, 4) is 0 Å². The summed E-state index contributed by atoms with van der Waals surface area (Å²) in [7, 11) is 0. The third-order valence-electron chi connectivity index (χ3n) is 13.1. The van der Waals surface area contributed by atoms with Gasteiger partial charge in [-0.05, 0) is 103 Å². The molecule has 0 heterocycles. The van der Waals surface area contributed by atoms with Crippen molar-refractivity contribution in [3.63, 3.8) is 0 Å². The molecule has 9 atom stereocenters. The van der Waals surface area contributed by atoms with Crippen LogP contribution in [0.25, 0.3) is 0 Å². The minimum atomic E-state index is -0.630. The summed E-state index contributed by atoms with van der Waals surface area (Å²) in [5, 5.41) is 32.5. The van der Waals surface area contributed by atoms with Crippen LogP contribution in [0.3, 0.4) is 0 Å². The molecular formula is C30H50O3. The fourth-order valence-corrected chi connectivity index (χ4v) is 10.8. The first-order chi connectivity index (χ1) is 15.2. The standard InChI is InChI=1S/C30H50O3/c1-25(2)12-14-30(18-31)15-13-28(6)19(20(30)16-25)8-9-23-27(5)17-21(32)24(33)26(3,4)22(27)10-11-29(23,28)7/h8,20-24,31-33H,9-18H2,1-7H3/t20-,21+,22-,23+,24+,27-,28+,29+,30+/m0/s1. The average molecular weight is 459 g/mol. The minimum absolute atomic E-state index is 0.0392. The van der Waals surface area contributed by atoms with Crippen molar-refractivity contribution >= 4 is 0 Å². The van der Waals surface area contributed by atoms with Gasteiger partial charge in [-0.1, -0.05) is 60.1 Å². The summed E-state index contributed by atoms with van der Waals surface area (Å²) in [6, 6.07) is 0. The first-order valence-corrected chi connectivity index (χ1v) is 13.8. The molecule has 0 aromatic rings. The van der Waals surface area contributed by atoms with E-state index in [1.54, 1.807) is 5.57 Å². The van der Waals surface area contributed by atoms with E-state index in [9.17, 15) is 15.3 Å². The highest BCUT2D eigenvalue weighted by atomic mass is 16.3. The predicted octanol–water partition coefficient (Wildman–Crippen LogP) is 6.11. The van der Waals surface area contributed by atoms with Gasteiger partial charge in [0.2, 0.25) is 0 Å². The molecule has 3 nitrogen and oxygen atoms in total. The van der Waals surface area contributed by atoms with E-state index in [-0.39, 0.29) is 27.1 Å². The van der Waals surface area contributed by atoms with E-state index in [4.69, 9.17) is 0 Å². The van der Waals surface area contributed by atoms with Crippen LogP contribution < -0.4 is 0 Å². The van der Waals surface area contributed by atoms with E-state index in [1.807, 2.05) is 0 Å². The molecule has 188 valence electrons. The van der Waals surface area contributed by atoms with Crippen LogP contribution in [0.4, 0.5) is 0 Å². The van der Waals surface area contributed by atoms with Gasteiger partial charge >= 0.3 is 0 Å². The molecule has 0 unspecified atom stereocenters. The van der Waals surface area contributed by atoms with Gasteiger partial charge in [-0.15, -0.1) is 0 Å². The second-order valence-corrected chi connectivity index (χ2v) is 15.3. The Kier molecular flexibility index (Phi) is 5.23. The highest BCUT2D eigenvalue weighted by molar-refractivity contribution is 5.34. The molecule has 0 amide bonds. The fraction of sp³-hybridized carbons (Fsp3) is 0.933. The maximum atomic E-state index is 11.0. The summed E-state index contributed by atoms with van der Waals surface area (Å²) in [5.41, 5.74) is 2.24. The third-order valence-corrected chi connectivity index (χ3v) is 13.1. The monoisotopic (exact) mass is 458 g/mol. The highest BCUT2D eigenvalue weighted by Gasteiger charge is 2.69. The Morgan fingerprint density at radius 1 is 0.848 bits per heavy atom. The zero-order valence-corrected chi connectivity index (χ0v) is 22.4. The lowest BCUT2D eigenvalue weighted by molar-refractivity contribution is -0.232. The van der Waals surface area contributed by atoms with Gasteiger partial charge < -0.3 is 15.3 Å². The molecule has 0 spiro atoms. The Morgan fingerprint density at radius 3 is 2.18 bits per heavy atom. The largest absolute Gasteiger partial charge is 0.396 e. The molecule has 3 N–H and O–H groups in total. The van der Waals surface area contributed by atoms with Crippen LogP contribution in [0, 0.1) is 50.2 Å². The number of aliphatic hydroxyl groups excluding tert-OH is 3. The molecule has 4 saturated carbocycles. The van der Waals surface area contributed by atoms with Crippen molar-refractivity contribution in [2.24, 2.45) is 50.2 Å². The number of allylic oxidation sites excluding steroid dienone is 2. The lowest BCUT2D eigenvalue weighted by atomic mass is 9.33. The maximum Gasteiger partial charge on any atom is 0.0852 e. The van der Waals surface area contributed by atoms with Crippen LogP contribution in [-0.2, 0) is 0 Å². The average Bonchev–Trinajstić information content (AvgIpc) is 2.72. The van der Waals surface area contributed by atoms with Gasteiger partial charge in [-0.2, -0.15) is 0 Å². The predicted molar refractivity (Wildman–Crippen MR) is 134 cm³/mol. The Balaban J connectivity index is 1.59. The molecule has 5 aliphatic carbocycles. The molecule has 33 heavy (non-hydrogen) atoms. The van der Waals surface area contributed by atoms with Gasteiger partial charge in [0.15, 0.2) is 0 Å². The molecule has 5 rings (SSSR count). The van der Waals surface area contributed by atoms with Crippen molar-refractivity contribution in [2.45, 2.75) is 118 Å². The fourth-order valence-electron chi connectivity index (χ4n) is 10.8. The zero-order valence-electron chi connectivity index (χ0n) is 22.4. The van der Waals surface area contributed by atoms with E-state index in [2.05, 4.69) is 54.5 Å². The first-order valence-electron chi connectivity index (χ1n) is 13.8. The number of rotatable bonds is 1. The summed E-state index contributed by atoms with van der Waals surface area (Å²) in [6.07, 6.45) is 11.4. The van der Waals surface area contributed by atoms with Crippen LogP contribution in [0.1, 0.15) is 106 Å². The lowest BCUT2D eigenvalue weighted by Crippen LogP contribution is -2.66. The van der Waals surface area contributed by atoms with Crippen LogP contribution in [0.5, 0.6) is 0 Å². The molecule has 4 fully saturated rings. The van der Waals surface area contributed by atoms with Crippen molar-refractivity contribution in [3.05, 3.63) is 11.6 Å². The first kappa shape index (κ1) is 24.3. The Hall–Kier alpha value is -0.380. The van der Waals surface area contributed by atoms with Crippen LogP contribution in [-0.4, -0.2) is 34.1 Å². The second-order valence-electron chi connectivity index (χ2n) is 15.3. The number of aliphatic hydroxyl groups is 3. The maximum absolute atomic E-state index is 11.0. The molecule has 0 radical (unpaired) electrons. The lowest BCUT2D eigenvalue weighted by Gasteiger charge is -2.71. The van der Waals surface area contributed by atoms with Crippen molar-refractivity contribution < 1.29 is 15.3 Å². The molecule has 0 bridgehead atoms. The molecule has 5 aliphatic rings. The number of hydrogen-bond acceptors (Lipinski definition) is 3. The molecule has 0 aliphatic heterocycles. The third kappa shape index (κ3) is 2.97. The van der Waals surface area contributed by atoms with Crippen LogP contribution in [0.15, 0.2) is 11.6 Å². The van der Waals surface area contributed by atoms with E-state index >= 15 is 0 Å². The Labute approximate surface area is 202 Å². The van der Waals surface area contributed by atoms with Crippen LogP contribution in [0.2, 0.25) is 0 Å². The van der Waals surface area contributed by atoms with Gasteiger partial charge in [0.1, 0.15) is 0 Å². The normalized spacial score (nSPS) is 54.8. The minimum Gasteiger partial charge on any atom is -0.396 e. The van der Waals surface area contributed by atoms with Crippen molar-refractivity contribution in [1.29, 1.82) is 0 Å². The summed E-state index contributed by atoms with van der Waals surface area (Å²) < 4.78 is 0. The smallest absolute Gasteiger partial charge is 0.0852 e. The van der Waals surface area contributed by atoms with Crippen molar-refractivity contribution in [1.82, 2.24) is 0 Å². The number of hydrogen-bond donors (Lipinski definition) is 3. The Morgan fingerprint density at radius 2 is 1.52 bits per heavy atom. The van der Waals surface area contributed by atoms with E-state index < -0.39 is 12.2 Å². The summed E-state index contributed by atoms with van der Waals surface area (Å²) in [4.78, 5) is 0. The second kappa shape index (κ2) is 7.10. The quantitative estimate of drug-likeness (QED) is 0.415. The number of fused-ring (bicyclic) bond motifs is 7. The summed E-state index contributed by atoms with van der Waals surface area (Å²) in [6.45, 7) is 17.2. The van der Waals surface area contributed by atoms with E-state index in [0.29, 0.717) is 29.8 Å². The van der Waals surface area contributed by atoms with E-state index in [0.717, 1.165) is 32.1 Å². The van der Waals surface area contributed by atoms with Gasteiger partial charge in [0.05, 0.1) is 12.2 Å². The van der Waals surface area contributed by atoms with Crippen molar-refractivity contribution in [2.75, 3.05) is 6.61 Å². The van der Waals surface area contributed by atoms with Crippen LogP contribution >= 0.6 is 0 Å². The molecule has 0 aromatic heterocycles. The van der Waals surface area contributed by atoms with Gasteiger partial charge in [0, 0.05) is 12.0 Å². The molecule has 0 saturated heterocycles. The zero-order chi connectivity index (χ0) is 24.2. The van der Waals surface area contributed by atoms with Gasteiger partial charge in [-0.3, -0.25) is 0 Å². The van der Waals surface area contributed by atoms with Gasteiger partial charge in [-0.25, -0.2) is 0 Å². The molecular weight excluding hydrogens is 408 g/mol. The Bertz CT molecular complexity index is 843. The SMILES string of the molecule is CC1(C)CC[C@]2(CO)CC[C@]3(C)C(=CC[C@@H]4[C@@]5(C)C[C@@H](O)[C@@H](O)C(C)(C)[C@@H]5CC[C@]43C)[C@@H]2C1. The van der Waals surface area contributed by atoms with Gasteiger partial charge in [0.25, 0.3) is 0 Å². The summed E-state index contributed by atoms with van der Waals surface area (Å²) >= 11 is 0. The topological polar surface area (TPSA) is 60.7 Å². The molecule has 0 aromatic carbocycles. The summed E-state index contributed by atoms with van der Waals surface area (Å²) in [5.74, 6) is 1.47. The molecule has 3 heteroatoms. The highest BCUT2D eigenvalue weighted by Crippen LogP contribution is 2.75. The van der Waals surface area contributed by atoms with E-state index in [1.165, 1.54) is 25.7 Å².